The summed E-state index contributed by atoms with van der Waals surface area (Å²) in [7, 11) is -3.61. The minimum absolute atomic E-state index is 0.0663. The first-order valence-corrected chi connectivity index (χ1v) is 12.0. The highest BCUT2D eigenvalue weighted by molar-refractivity contribution is 7.89. The van der Waals surface area contributed by atoms with E-state index >= 15 is 0 Å². The molecule has 0 saturated carbocycles. The van der Waals surface area contributed by atoms with Crippen LogP contribution in [-0.4, -0.2) is 58.3 Å². The molecule has 31 heavy (non-hydrogen) atoms. The van der Waals surface area contributed by atoms with Crippen LogP contribution >= 0.6 is 0 Å². The first kappa shape index (κ1) is 21.5. The van der Waals surface area contributed by atoms with Gasteiger partial charge in [-0.25, -0.2) is 8.42 Å². The van der Waals surface area contributed by atoms with Crippen LogP contribution in [0.4, 0.5) is 0 Å². The molecule has 3 heterocycles. The summed E-state index contributed by atoms with van der Waals surface area (Å²) in [5.74, 6) is -0.121. The molecular weight excluding hydrogens is 414 g/mol. The van der Waals surface area contributed by atoms with Crippen molar-refractivity contribution in [2.24, 2.45) is 5.92 Å². The summed E-state index contributed by atoms with van der Waals surface area (Å²) in [6, 6.07) is 10.5. The van der Waals surface area contributed by atoms with E-state index in [9.17, 15) is 13.2 Å². The third-order valence-corrected chi connectivity index (χ3v) is 7.96. The van der Waals surface area contributed by atoms with Crippen LogP contribution in [0, 0.1) is 5.92 Å². The summed E-state index contributed by atoms with van der Waals surface area (Å²) in [5.41, 5.74) is 1.54. The summed E-state index contributed by atoms with van der Waals surface area (Å²) in [6.07, 6.45) is 4.41. The van der Waals surface area contributed by atoms with Crippen LogP contribution in [0.15, 0.2) is 53.7 Å². The predicted molar refractivity (Wildman–Crippen MR) is 118 cm³/mol. The topological polar surface area (TPSA) is 99.3 Å². The van der Waals surface area contributed by atoms with Gasteiger partial charge in [0.25, 0.3) is 0 Å². The lowest BCUT2D eigenvalue weighted by molar-refractivity contribution is -0.138. The largest absolute Gasteiger partial charge is 0.334 e. The Morgan fingerprint density at radius 2 is 2.03 bits per heavy atom. The Hall–Kier alpha value is -2.78. The maximum Gasteiger partial charge on any atom is 0.243 e. The van der Waals surface area contributed by atoms with E-state index in [1.807, 2.05) is 36.9 Å². The minimum atomic E-state index is -3.61. The summed E-state index contributed by atoms with van der Waals surface area (Å²) in [6.45, 7) is 5.18. The number of aromatic nitrogens is 3. The molecule has 1 fully saturated rings. The molecule has 1 saturated heterocycles. The van der Waals surface area contributed by atoms with Crippen molar-refractivity contribution in [1.29, 1.82) is 0 Å². The number of hydrogen-bond donors (Lipinski definition) is 1. The maximum absolute atomic E-state index is 13.2. The first-order chi connectivity index (χ1) is 14.9. The number of sulfonamides is 1. The van der Waals surface area contributed by atoms with Gasteiger partial charge in [0.1, 0.15) is 0 Å². The van der Waals surface area contributed by atoms with Crippen LogP contribution in [0.3, 0.4) is 0 Å². The number of carbonyl (C=O) groups excluding carboxylic acids is 1. The molecule has 1 unspecified atom stereocenters. The van der Waals surface area contributed by atoms with Gasteiger partial charge in [0.2, 0.25) is 15.9 Å². The zero-order valence-corrected chi connectivity index (χ0v) is 18.5. The van der Waals surface area contributed by atoms with Crippen LogP contribution in [0.25, 0.3) is 10.9 Å². The number of piperidine rings is 1. The zero-order valence-electron chi connectivity index (χ0n) is 17.7. The maximum atomic E-state index is 13.2. The second kappa shape index (κ2) is 8.76. The molecule has 1 N–H and O–H groups in total. The number of rotatable bonds is 6. The van der Waals surface area contributed by atoms with E-state index in [-0.39, 0.29) is 22.8 Å². The van der Waals surface area contributed by atoms with Crippen molar-refractivity contribution >= 4 is 26.8 Å². The number of nitrogens with one attached hydrogen (secondary N) is 1. The Morgan fingerprint density at radius 1 is 1.26 bits per heavy atom. The average Bonchev–Trinajstić information content (AvgIpc) is 3.28. The van der Waals surface area contributed by atoms with Crippen molar-refractivity contribution < 1.29 is 13.2 Å². The van der Waals surface area contributed by atoms with Gasteiger partial charge in [0.15, 0.2) is 0 Å². The van der Waals surface area contributed by atoms with Crippen LogP contribution in [-0.2, 0) is 14.8 Å². The molecule has 0 spiro atoms. The van der Waals surface area contributed by atoms with E-state index in [0.717, 1.165) is 11.1 Å². The van der Waals surface area contributed by atoms with E-state index in [1.165, 1.54) is 4.31 Å². The Bertz CT molecular complexity index is 1150. The highest BCUT2D eigenvalue weighted by Gasteiger charge is 2.35. The second-order valence-corrected chi connectivity index (χ2v) is 9.79. The number of amides is 1. The third-order valence-electron chi connectivity index (χ3n) is 6.06. The normalized spacial score (nSPS) is 17.0. The van der Waals surface area contributed by atoms with Gasteiger partial charge in [0.05, 0.1) is 28.3 Å². The molecule has 1 aliphatic heterocycles. The monoisotopic (exact) mass is 441 g/mol. The lowest BCUT2D eigenvalue weighted by Gasteiger charge is -2.35. The predicted octanol–water partition coefficient (Wildman–Crippen LogP) is 2.97. The highest BCUT2D eigenvalue weighted by Crippen LogP contribution is 2.28. The van der Waals surface area contributed by atoms with Crippen molar-refractivity contribution in [3.05, 3.63) is 54.5 Å². The van der Waals surface area contributed by atoms with Crippen molar-refractivity contribution in [2.45, 2.75) is 37.6 Å². The Balaban J connectivity index is 1.44. The summed E-state index contributed by atoms with van der Waals surface area (Å²) in [4.78, 5) is 19.7. The van der Waals surface area contributed by atoms with Gasteiger partial charge in [-0.3, -0.25) is 14.9 Å². The SMILES string of the molecule is CCN(C(=O)C1CCN(S(=O)(=O)c2ccc3cn[nH]c3c2)CC1)C(C)c1ccccn1. The summed E-state index contributed by atoms with van der Waals surface area (Å²) < 4.78 is 27.7. The van der Waals surface area contributed by atoms with Crippen LogP contribution < -0.4 is 0 Å². The van der Waals surface area contributed by atoms with Gasteiger partial charge in [0, 0.05) is 37.1 Å². The molecule has 1 aromatic carbocycles. The zero-order chi connectivity index (χ0) is 22.0. The Labute approximate surface area is 182 Å². The van der Waals surface area contributed by atoms with Crippen LogP contribution in [0.2, 0.25) is 0 Å². The number of pyridine rings is 1. The van der Waals surface area contributed by atoms with Gasteiger partial charge in [-0.05, 0) is 57.0 Å². The number of hydrogen-bond acceptors (Lipinski definition) is 5. The van der Waals surface area contributed by atoms with Crippen molar-refractivity contribution in [3.63, 3.8) is 0 Å². The molecule has 3 aromatic rings. The van der Waals surface area contributed by atoms with Crippen molar-refractivity contribution in [3.8, 4) is 0 Å². The smallest absolute Gasteiger partial charge is 0.243 e. The van der Waals surface area contributed by atoms with Gasteiger partial charge in [-0.2, -0.15) is 9.40 Å². The van der Waals surface area contributed by atoms with E-state index < -0.39 is 10.0 Å². The summed E-state index contributed by atoms with van der Waals surface area (Å²) in [5, 5.41) is 7.62. The van der Waals surface area contributed by atoms with Crippen LogP contribution in [0.1, 0.15) is 38.4 Å². The molecule has 164 valence electrons. The lowest BCUT2D eigenvalue weighted by atomic mass is 9.95. The number of nitrogens with zero attached hydrogens (tertiary/aromatic N) is 4. The van der Waals surface area contributed by atoms with Crippen molar-refractivity contribution in [2.75, 3.05) is 19.6 Å². The fraction of sp³-hybridized carbons (Fsp3) is 0.409. The quantitative estimate of drug-likeness (QED) is 0.634. The number of carbonyl (C=O) groups is 1. The molecule has 1 atom stereocenters. The second-order valence-electron chi connectivity index (χ2n) is 7.85. The molecule has 0 radical (unpaired) electrons. The average molecular weight is 442 g/mol. The minimum Gasteiger partial charge on any atom is -0.334 e. The molecule has 4 rings (SSSR count). The van der Waals surface area contributed by atoms with Gasteiger partial charge >= 0.3 is 0 Å². The van der Waals surface area contributed by atoms with Gasteiger partial charge < -0.3 is 4.90 Å². The number of fused-ring (bicyclic) bond motifs is 1. The molecule has 0 bridgehead atoms. The lowest BCUT2D eigenvalue weighted by Crippen LogP contribution is -2.45. The fourth-order valence-corrected chi connectivity index (χ4v) is 5.70. The van der Waals surface area contributed by atoms with E-state index in [2.05, 4.69) is 15.2 Å². The van der Waals surface area contributed by atoms with Crippen LogP contribution in [0.5, 0.6) is 0 Å². The first-order valence-electron chi connectivity index (χ1n) is 10.6. The number of benzene rings is 1. The van der Waals surface area contributed by atoms with E-state index in [4.69, 9.17) is 0 Å². The fourth-order valence-electron chi connectivity index (χ4n) is 4.21. The van der Waals surface area contributed by atoms with E-state index in [0.29, 0.717) is 38.0 Å². The molecular formula is C22H27N5O3S. The van der Waals surface area contributed by atoms with Gasteiger partial charge in [-0.15, -0.1) is 0 Å². The molecule has 9 heteroatoms. The number of aromatic amines is 1. The van der Waals surface area contributed by atoms with Gasteiger partial charge in [-0.1, -0.05) is 6.07 Å². The third kappa shape index (κ3) is 4.20. The molecule has 2 aromatic heterocycles. The molecule has 8 nitrogen and oxygen atoms in total. The Kier molecular flexibility index (Phi) is 6.06. The molecule has 1 aliphatic rings. The summed E-state index contributed by atoms with van der Waals surface area (Å²) >= 11 is 0. The highest BCUT2D eigenvalue weighted by atomic mass is 32.2. The Morgan fingerprint density at radius 3 is 2.71 bits per heavy atom. The molecule has 0 aliphatic carbocycles. The molecule has 1 amide bonds. The number of H-pyrrole nitrogens is 1. The van der Waals surface area contributed by atoms with E-state index in [1.54, 1.807) is 30.6 Å². The standard InChI is InChI=1S/C22H27N5O3S/c1-3-27(16(2)20-6-4-5-11-23-20)22(28)17-9-12-26(13-10-17)31(29,30)19-8-7-18-15-24-25-21(18)14-19/h4-8,11,14-17H,3,9-10,12-13H2,1-2H3,(H,24,25). The van der Waals surface area contributed by atoms with Crippen molar-refractivity contribution in [1.82, 2.24) is 24.4 Å².